The maximum atomic E-state index is 3.42. The molecule has 0 saturated heterocycles. The van der Waals surface area contributed by atoms with E-state index in [4.69, 9.17) is 0 Å². The van der Waals surface area contributed by atoms with Gasteiger partial charge in [0.1, 0.15) is 0 Å². The fraction of sp³-hybridized carbons (Fsp3) is 0.0833. The maximum Gasteiger partial charge on any atom is 0.0907 e. The van der Waals surface area contributed by atoms with E-state index in [1.165, 1.54) is 21.2 Å². The predicted molar refractivity (Wildman–Crippen MR) is 108 cm³/mol. The highest BCUT2D eigenvalue weighted by Crippen LogP contribution is 2.67. The number of hydrogen-bond acceptors (Lipinski definition) is 8. The molecule has 0 aliphatic carbocycles. The molecule has 0 nitrogen and oxygen atoms in total. The van der Waals surface area contributed by atoms with Gasteiger partial charge in [0.15, 0.2) is 0 Å². The highest BCUT2D eigenvalue weighted by molar-refractivity contribution is 8.47. The van der Waals surface area contributed by atoms with Crippen LogP contribution in [-0.2, 0) is 0 Å². The van der Waals surface area contributed by atoms with Gasteiger partial charge in [0.05, 0.1) is 25.8 Å². The first-order chi connectivity index (χ1) is 9.88. The molecule has 0 radical (unpaired) electrons. The minimum Gasteiger partial charge on any atom is -0.101 e. The summed E-state index contributed by atoms with van der Waals surface area (Å²) in [7, 11) is 0. The van der Waals surface area contributed by atoms with E-state index >= 15 is 0 Å². The molecule has 0 aromatic rings. The Kier molecular flexibility index (Phi) is 5.05. The second-order valence-electron chi connectivity index (χ2n) is 3.57. The molecular weight excluding hydrogens is 401 g/mol. The van der Waals surface area contributed by atoms with Crippen molar-refractivity contribution in [1.29, 1.82) is 0 Å². The van der Waals surface area contributed by atoms with Crippen LogP contribution in [0.3, 0.4) is 0 Å². The number of rotatable bonds is 1. The fourth-order valence-corrected chi connectivity index (χ4v) is 11.8. The van der Waals surface area contributed by atoms with Crippen molar-refractivity contribution >= 4 is 94.1 Å². The molecule has 4 aliphatic rings. The Morgan fingerprint density at radius 2 is 1.35 bits per heavy atom. The van der Waals surface area contributed by atoms with Crippen molar-refractivity contribution < 1.29 is 0 Å². The van der Waals surface area contributed by atoms with Crippen molar-refractivity contribution in [3.8, 4) is 0 Å². The van der Waals surface area contributed by atoms with Crippen molar-refractivity contribution in [2.45, 2.75) is 4.58 Å². The zero-order chi connectivity index (χ0) is 13.4. The molecule has 4 aliphatic heterocycles. The minimum atomic E-state index is 0.489. The van der Waals surface area contributed by atoms with Crippen LogP contribution in [-0.4, -0.2) is 4.58 Å². The van der Waals surface area contributed by atoms with Crippen LogP contribution in [0.4, 0.5) is 0 Å². The van der Waals surface area contributed by atoms with Gasteiger partial charge in [-0.05, 0) is 27.7 Å². The molecule has 0 bridgehead atoms. The summed E-state index contributed by atoms with van der Waals surface area (Å²) in [6.45, 7) is 0. The van der Waals surface area contributed by atoms with E-state index in [0.717, 1.165) is 0 Å². The summed E-state index contributed by atoms with van der Waals surface area (Å²) in [5, 5.41) is 8.56. The summed E-state index contributed by atoms with van der Waals surface area (Å²) < 4.78 is 7.60. The first-order valence-corrected chi connectivity index (χ1v) is 12.4. The summed E-state index contributed by atoms with van der Waals surface area (Å²) in [6.07, 6.45) is 2.21. The predicted octanol–water partition coefficient (Wildman–Crippen LogP) is 7.42. The maximum absolute atomic E-state index is 3.42. The smallest absolute Gasteiger partial charge is 0.0907 e. The lowest BCUT2D eigenvalue weighted by atomic mass is 10.7. The molecular formula is C12H6S8. The summed E-state index contributed by atoms with van der Waals surface area (Å²) in [6, 6.07) is 0. The lowest BCUT2D eigenvalue weighted by Crippen LogP contribution is -1.84. The highest BCUT2D eigenvalue weighted by atomic mass is 32.3. The standard InChI is InChI=1S/C12H6S8/c1(7-13-3-4-14-7)2-8-17-11-12(18-8)20-10(19-11)9-15-5-6-16-9/h2-6,8H. The Bertz CT molecular complexity index is 592. The van der Waals surface area contributed by atoms with Crippen molar-refractivity contribution in [2.24, 2.45) is 0 Å². The zero-order valence-corrected chi connectivity index (χ0v) is 16.3. The average molecular weight is 407 g/mol. The van der Waals surface area contributed by atoms with Crippen LogP contribution in [0.5, 0.6) is 0 Å². The molecule has 0 N–H and O–H groups in total. The van der Waals surface area contributed by atoms with Gasteiger partial charge in [-0.15, -0.1) is 5.73 Å². The molecule has 8 heteroatoms. The number of thioether (sulfide) groups is 8. The molecule has 0 saturated carbocycles. The van der Waals surface area contributed by atoms with Crippen LogP contribution >= 0.6 is 94.1 Å². The van der Waals surface area contributed by atoms with E-state index in [2.05, 4.69) is 33.4 Å². The van der Waals surface area contributed by atoms with E-state index in [0.29, 0.717) is 4.58 Å². The normalized spacial score (nSPS) is 25.1. The van der Waals surface area contributed by atoms with E-state index in [9.17, 15) is 0 Å². The third-order valence-electron chi connectivity index (χ3n) is 2.30. The van der Waals surface area contributed by atoms with Crippen LogP contribution < -0.4 is 0 Å². The summed E-state index contributed by atoms with van der Waals surface area (Å²) >= 11 is 15.0. The Morgan fingerprint density at radius 1 is 0.750 bits per heavy atom. The Morgan fingerprint density at radius 3 is 2.00 bits per heavy atom. The molecule has 0 unspecified atom stereocenters. The van der Waals surface area contributed by atoms with Crippen molar-refractivity contribution in [3.63, 3.8) is 0 Å². The molecule has 102 valence electrons. The van der Waals surface area contributed by atoms with Gasteiger partial charge in [0, 0.05) is 0 Å². The Hall–Kier alpha value is 1.28. The largest absolute Gasteiger partial charge is 0.101 e. The second kappa shape index (κ2) is 6.81. The van der Waals surface area contributed by atoms with Crippen LogP contribution in [0.15, 0.2) is 54.6 Å². The van der Waals surface area contributed by atoms with Gasteiger partial charge in [-0.2, -0.15) is 0 Å². The van der Waals surface area contributed by atoms with Crippen molar-refractivity contribution in [1.82, 2.24) is 0 Å². The van der Waals surface area contributed by atoms with Crippen molar-refractivity contribution in [2.75, 3.05) is 0 Å². The monoisotopic (exact) mass is 406 g/mol. The van der Waals surface area contributed by atoms with Gasteiger partial charge < -0.3 is 0 Å². The van der Waals surface area contributed by atoms with Gasteiger partial charge in [-0.25, -0.2) is 0 Å². The SMILES string of the molecule is C(=CC1SC2=C(SC(=C3SC=CS3)S2)S1)=C1SC=CS1. The molecule has 0 atom stereocenters. The van der Waals surface area contributed by atoms with Crippen LogP contribution in [0.25, 0.3) is 0 Å². The van der Waals surface area contributed by atoms with Gasteiger partial charge in [-0.1, -0.05) is 94.1 Å². The summed E-state index contributed by atoms with van der Waals surface area (Å²) in [5.41, 5.74) is 3.42. The van der Waals surface area contributed by atoms with Gasteiger partial charge in [0.25, 0.3) is 0 Å². The van der Waals surface area contributed by atoms with Gasteiger partial charge >= 0.3 is 0 Å². The molecule has 0 aromatic carbocycles. The van der Waals surface area contributed by atoms with Crippen LogP contribution in [0.1, 0.15) is 0 Å². The van der Waals surface area contributed by atoms with E-state index in [-0.39, 0.29) is 0 Å². The lowest BCUT2D eigenvalue weighted by molar-refractivity contribution is 1.69. The Labute approximate surface area is 152 Å². The summed E-state index contributed by atoms with van der Waals surface area (Å²) in [4.78, 5) is 0. The lowest BCUT2D eigenvalue weighted by Gasteiger charge is -2.06. The molecule has 20 heavy (non-hydrogen) atoms. The fourth-order valence-electron chi connectivity index (χ4n) is 1.52. The molecule has 0 fully saturated rings. The topological polar surface area (TPSA) is 0 Å². The van der Waals surface area contributed by atoms with E-state index < -0.39 is 0 Å². The molecule has 0 aromatic heterocycles. The second-order valence-corrected chi connectivity index (χ2v) is 13.2. The molecule has 0 spiro atoms. The number of hydrogen-bond donors (Lipinski definition) is 0. The van der Waals surface area contributed by atoms with Crippen molar-refractivity contribution in [3.05, 3.63) is 54.6 Å². The average Bonchev–Trinajstić information content (AvgIpc) is 3.19. The van der Waals surface area contributed by atoms with Crippen LogP contribution in [0.2, 0.25) is 0 Å². The minimum absolute atomic E-state index is 0.489. The van der Waals surface area contributed by atoms with E-state index in [1.54, 1.807) is 23.5 Å². The third-order valence-corrected chi connectivity index (χ3v) is 12.7. The Balaban J connectivity index is 1.40. The van der Waals surface area contributed by atoms with E-state index in [1.807, 2.05) is 70.6 Å². The molecule has 4 heterocycles. The first-order valence-electron chi connectivity index (χ1n) is 5.49. The zero-order valence-electron chi connectivity index (χ0n) is 9.73. The molecule has 0 amide bonds. The third kappa shape index (κ3) is 3.29. The first kappa shape index (κ1) is 14.8. The highest BCUT2D eigenvalue weighted by Gasteiger charge is 2.33. The van der Waals surface area contributed by atoms with Crippen LogP contribution in [0, 0.1) is 0 Å². The van der Waals surface area contributed by atoms with Gasteiger partial charge in [-0.3, -0.25) is 0 Å². The molecule has 4 rings (SSSR count). The summed E-state index contributed by atoms with van der Waals surface area (Å²) in [5.74, 6) is 0. The quantitative estimate of drug-likeness (QED) is 0.407. The van der Waals surface area contributed by atoms with Gasteiger partial charge in [0.2, 0.25) is 0 Å².